The molecule has 0 bridgehead atoms. The van der Waals surface area contributed by atoms with Gasteiger partial charge in [-0.3, -0.25) is 0 Å². The molecule has 3 unspecified atom stereocenters. The van der Waals surface area contributed by atoms with Gasteiger partial charge < -0.3 is 5.32 Å². The van der Waals surface area contributed by atoms with Crippen molar-refractivity contribution in [1.82, 2.24) is 5.32 Å². The minimum atomic E-state index is -0.298. The van der Waals surface area contributed by atoms with Crippen molar-refractivity contribution in [2.75, 3.05) is 6.54 Å². The fourth-order valence-corrected chi connectivity index (χ4v) is 3.97. The van der Waals surface area contributed by atoms with E-state index in [-0.39, 0.29) is 5.82 Å². The molecule has 2 aliphatic rings. The first-order valence-corrected chi connectivity index (χ1v) is 8.23. The van der Waals surface area contributed by atoms with Gasteiger partial charge in [0.25, 0.3) is 0 Å². The smallest absolute Gasteiger partial charge is 0.142 e. The number of hydrogen-bond donors (Lipinski definition) is 1. The molecule has 1 N–H and O–H groups in total. The van der Waals surface area contributed by atoms with E-state index in [0.29, 0.717) is 11.1 Å². The lowest BCUT2D eigenvalue weighted by molar-refractivity contribution is 0.332. The Bertz CT molecular complexity index is 466. The molecule has 0 radical (unpaired) electrons. The number of benzene rings is 1. The number of fused-ring (bicyclic) bond motifs is 1. The second-order valence-electron chi connectivity index (χ2n) is 6.47. The quantitative estimate of drug-likeness (QED) is 0.818. The summed E-state index contributed by atoms with van der Waals surface area (Å²) in [5.41, 5.74) is 0.945. The van der Waals surface area contributed by atoms with E-state index in [2.05, 4.69) is 12.2 Å². The summed E-state index contributed by atoms with van der Waals surface area (Å²) in [7, 11) is 0. The molecule has 0 spiro atoms. The van der Waals surface area contributed by atoms with Gasteiger partial charge in [-0.2, -0.15) is 0 Å². The van der Waals surface area contributed by atoms with Gasteiger partial charge in [0.1, 0.15) is 5.82 Å². The maximum atomic E-state index is 13.6. The van der Waals surface area contributed by atoms with E-state index in [1.165, 1.54) is 25.3 Å². The van der Waals surface area contributed by atoms with Gasteiger partial charge in [-0.15, -0.1) is 0 Å². The predicted octanol–water partition coefficient (Wildman–Crippen LogP) is 4.44. The molecular formula is C17H23ClFN. The molecule has 3 atom stereocenters. The predicted molar refractivity (Wildman–Crippen MR) is 81.5 cm³/mol. The highest BCUT2D eigenvalue weighted by atomic mass is 35.5. The molecule has 3 rings (SSSR count). The first-order valence-electron chi connectivity index (χ1n) is 7.85. The Balaban J connectivity index is 1.70. The third-order valence-electron chi connectivity index (χ3n) is 4.98. The van der Waals surface area contributed by atoms with Crippen LogP contribution in [0.25, 0.3) is 0 Å². The molecule has 2 saturated carbocycles. The fraction of sp³-hybridized carbons (Fsp3) is 0.647. The highest BCUT2D eigenvalue weighted by Gasteiger charge is 2.47. The van der Waals surface area contributed by atoms with Crippen LogP contribution in [0.2, 0.25) is 5.02 Å². The molecule has 2 aliphatic carbocycles. The Morgan fingerprint density at radius 1 is 1.30 bits per heavy atom. The van der Waals surface area contributed by atoms with Gasteiger partial charge in [-0.05, 0) is 68.0 Å². The van der Waals surface area contributed by atoms with Gasteiger partial charge >= 0.3 is 0 Å². The fourth-order valence-electron chi connectivity index (χ4n) is 3.77. The zero-order valence-corrected chi connectivity index (χ0v) is 12.8. The van der Waals surface area contributed by atoms with E-state index in [9.17, 15) is 4.39 Å². The van der Waals surface area contributed by atoms with E-state index in [4.69, 9.17) is 11.6 Å². The second kappa shape index (κ2) is 6.03. The monoisotopic (exact) mass is 295 g/mol. The summed E-state index contributed by atoms with van der Waals surface area (Å²) in [5, 5.41) is 3.97. The Hall–Kier alpha value is -0.600. The van der Waals surface area contributed by atoms with Gasteiger partial charge in [0, 0.05) is 6.04 Å². The Morgan fingerprint density at radius 3 is 2.75 bits per heavy atom. The lowest BCUT2D eigenvalue weighted by Crippen LogP contribution is -2.38. The lowest BCUT2D eigenvalue weighted by atomic mass is 9.89. The normalized spacial score (nSPS) is 29.2. The van der Waals surface area contributed by atoms with Crippen molar-refractivity contribution in [3.05, 3.63) is 34.6 Å². The SMILES string of the molecule is CCCNC(Cc1cccc(F)c1Cl)C1CC2CC2C1. The Kier molecular flexibility index (Phi) is 4.32. The molecule has 0 heterocycles. The summed E-state index contributed by atoms with van der Waals surface area (Å²) < 4.78 is 13.6. The van der Waals surface area contributed by atoms with Crippen molar-refractivity contribution < 1.29 is 4.39 Å². The van der Waals surface area contributed by atoms with Crippen LogP contribution in [-0.4, -0.2) is 12.6 Å². The molecule has 20 heavy (non-hydrogen) atoms. The van der Waals surface area contributed by atoms with Gasteiger partial charge in [-0.1, -0.05) is 30.7 Å². The number of hydrogen-bond acceptors (Lipinski definition) is 1. The van der Waals surface area contributed by atoms with E-state index in [1.807, 2.05) is 6.07 Å². The molecule has 1 nitrogen and oxygen atoms in total. The van der Waals surface area contributed by atoms with E-state index < -0.39 is 0 Å². The highest BCUT2D eigenvalue weighted by molar-refractivity contribution is 6.31. The van der Waals surface area contributed by atoms with Crippen molar-refractivity contribution in [2.24, 2.45) is 17.8 Å². The largest absolute Gasteiger partial charge is 0.313 e. The topological polar surface area (TPSA) is 12.0 Å². The number of halogens is 2. The standard InChI is InChI=1S/C17H23ClFN/c1-2-6-20-16(14-8-12-7-13(12)9-14)10-11-4-3-5-15(19)17(11)18/h3-5,12-14,16,20H,2,6-10H2,1H3. The maximum Gasteiger partial charge on any atom is 0.142 e. The third kappa shape index (κ3) is 3.01. The molecule has 110 valence electrons. The van der Waals surface area contributed by atoms with Crippen LogP contribution in [-0.2, 0) is 6.42 Å². The minimum Gasteiger partial charge on any atom is -0.313 e. The summed E-state index contributed by atoms with van der Waals surface area (Å²) >= 11 is 6.11. The van der Waals surface area contributed by atoms with Crippen LogP contribution >= 0.6 is 11.6 Å². The summed E-state index contributed by atoms with van der Waals surface area (Å²) in [4.78, 5) is 0. The average Bonchev–Trinajstić information content (AvgIpc) is 3.06. The molecule has 0 saturated heterocycles. The highest BCUT2D eigenvalue weighted by Crippen LogP contribution is 2.55. The van der Waals surface area contributed by atoms with Crippen LogP contribution in [0.5, 0.6) is 0 Å². The Morgan fingerprint density at radius 2 is 2.05 bits per heavy atom. The van der Waals surface area contributed by atoms with E-state index in [1.54, 1.807) is 6.07 Å². The molecule has 2 fully saturated rings. The molecule has 1 aromatic carbocycles. The van der Waals surface area contributed by atoms with Crippen molar-refractivity contribution in [1.29, 1.82) is 0 Å². The minimum absolute atomic E-state index is 0.298. The van der Waals surface area contributed by atoms with E-state index in [0.717, 1.165) is 42.7 Å². The maximum absolute atomic E-state index is 13.6. The van der Waals surface area contributed by atoms with Crippen LogP contribution in [0.15, 0.2) is 18.2 Å². The zero-order valence-electron chi connectivity index (χ0n) is 12.0. The molecule has 0 aliphatic heterocycles. The number of nitrogens with one attached hydrogen (secondary N) is 1. The van der Waals surface area contributed by atoms with Crippen molar-refractivity contribution in [3.8, 4) is 0 Å². The lowest BCUT2D eigenvalue weighted by Gasteiger charge is -2.26. The van der Waals surface area contributed by atoms with Crippen LogP contribution in [0.1, 0.15) is 38.2 Å². The number of rotatable bonds is 6. The molecule has 0 aromatic heterocycles. The van der Waals surface area contributed by atoms with Crippen LogP contribution in [0.4, 0.5) is 4.39 Å². The van der Waals surface area contributed by atoms with Gasteiger partial charge in [0.2, 0.25) is 0 Å². The third-order valence-corrected chi connectivity index (χ3v) is 5.40. The Labute approximate surface area is 125 Å². The van der Waals surface area contributed by atoms with E-state index >= 15 is 0 Å². The molecule has 3 heteroatoms. The molecular weight excluding hydrogens is 273 g/mol. The molecule has 0 amide bonds. The summed E-state index contributed by atoms with van der Waals surface area (Å²) in [5.74, 6) is 2.40. The molecule has 1 aromatic rings. The van der Waals surface area contributed by atoms with Gasteiger partial charge in [0.05, 0.1) is 5.02 Å². The van der Waals surface area contributed by atoms with Crippen LogP contribution < -0.4 is 5.32 Å². The average molecular weight is 296 g/mol. The van der Waals surface area contributed by atoms with Gasteiger partial charge in [0.15, 0.2) is 0 Å². The van der Waals surface area contributed by atoms with Crippen LogP contribution in [0.3, 0.4) is 0 Å². The van der Waals surface area contributed by atoms with Crippen molar-refractivity contribution in [3.63, 3.8) is 0 Å². The zero-order chi connectivity index (χ0) is 14.1. The summed E-state index contributed by atoms with van der Waals surface area (Å²) in [6, 6.07) is 5.61. The first-order chi connectivity index (χ1) is 9.69. The van der Waals surface area contributed by atoms with Crippen molar-refractivity contribution in [2.45, 2.75) is 45.1 Å². The first kappa shape index (κ1) is 14.3. The summed E-state index contributed by atoms with van der Waals surface area (Å²) in [6.07, 6.45) is 6.11. The van der Waals surface area contributed by atoms with Gasteiger partial charge in [-0.25, -0.2) is 4.39 Å². The van der Waals surface area contributed by atoms with Crippen molar-refractivity contribution >= 4 is 11.6 Å². The van der Waals surface area contributed by atoms with Crippen LogP contribution in [0, 0.1) is 23.6 Å². The second-order valence-corrected chi connectivity index (χ2v) is 6.84. The summed E-state index contributed by atoms with van der Waals surface area (Å²) in [6.45, 7) is 3.22.